The Morgan fingerprint density at radius 1 is 1.47 bits per heavy atom. The molecule has 1 fully saturated rings. The summed E-state index contributed by atoms with van der Waals surface area (Å²) in [6, 6.07) is 2.06. The third kappa shape index (κ3) is 3.27. The Labute approximate surface area is 107 Å². The number of halogens is 3. The average Bonchev–Trinajstić information content (AvgIpc) is 2.75. The van der Waals surface area contributed by atoms with Gasteiger partial charge in [-0.15, -0.1) is 0 Å². The van der Waals surface area contributed by atoms with Crippen LogP contribution in [0.5, 0.6) is 0 Å². The quantitative estimate of drug-likeness (QED) is 0.865. The summed E-state index contributed by atoms with van der Waals surface area (Å²) in [5.74, 6) is 0. The molecule has 0 unspecified atom stereocenters. The average molecular weight is 275 g/mol. The van der Waals surface area contributed by atoms with E-state index in [9.17, 15) is 18.0 Å². The van der Waals surface area contributed by atoms with Gasteiger partial charge in [-0.05, 0) is 18.6 Å². The summed E-state index contributed by atoms with van der Waals surface area (Å²) in [6.45, 7) is 1.01. The maximum atomic E-state index is 12.4. The molecule has 2 heterocycles. The molecule has 0 bridgehead atoms. The zero-order valence-corrected chi connectivity index (χ0v) is 9.81. The number of nitrogens with one attached hydrogen (secondary N) is 1. The van der Waals surface area contributed by atoms with Crippen LogP contribution in [0.1, 0.15) is 12.1 Å². The number of alkyl halides is 3. The SMILES string of the molecule is O=C(O)N[C@H]1CCN(c2ccc(C(F)(F)F)nc2)C1. The number of aromatic nitrogens is 1. The number of hydrogen-bond donors (Lipinski definition) is 2. The minimum atomic E-state index is -4.45. The third-order valence-corrected chi connectivity index (χ3v) is 2.92. The van der Waals surface area contributed by atoms with Crippen molar-refractivity contribution >= 4 is 11.8 Å². The largest absolute Gasteiger partial charge is 0.465 e. The number of carbonyl (C=O) groups is 1. The monoisotopic (exact) mass is 275 g/mol. The number of rotatable bonds is 2. The van der Waals surface area contributed by atoms with Gasteiger partial charge in [0.1, 0.15) is 5.69 Å². The molecule has 19 heavy (non-hydrogen) atoms. The van der Waals surface area contributed by atoms with Crippen molar-refractivity contribution in [2.45, 2.75) is 18.6 Å². The summed E-state index contributed by atoms with van der Waals surface area (Å²) in [6.07, 6.45) is -3.77. The molecule has 104 valence electrons. The van der Waals surface area contributed by atoms with Crippen molar-refractivity contribution in [3.05, 3.63) is 24.0 Å². The van der Waals surface area contributed by atoms with Crippen molar-refractivity contribution in [2.75, 3.05) is 18.0 Å². The number of nitrogens with zero attached hydrogens (tertiary/aromatic N) is 2. The minimum Gasteiger partial charge on any atom is -0.465 e. The van der Waals surface area contributed by atoms with Crippen LogP contribution in [0.3, 0.4) is 0 Å². The van der Waals surface area contributed by atoms with Gasteiger partial charge in [0.05, 0.1) is 17.9 Å². The van der Waals surface area contributed by atoms with Gasteiger partial charge in [0.2, 0.25) is 0 Å². The lowest BCUT2D eigenvalue weighted by Gasteiger charge is -2.18. The van der Waals surface area contributed by atoms with Gasteiger partial charge in [-0.25, -0.2) is 9.78 Å². The molecule has 1 aromatic heterocycles. The zero-order chi connectivity index (χ0) is 14.0. The fourth-order valence-corrected chi connectivity index (χ4v) is 2.03. The number of hydrogen-bond acceptors (Lipinski definition) is 3. The zero-order valence-electron chi connectivity index (χ0n) is 9.81. The minimum absolute atomic E-state index is 0.209. The van der Waals surface area contributed by atoms with Crippen LogP contribution in [0.15, 0.2) is 18.3 Å². The first kappa shape index (κ1) is 13.4. The predicted molar refractivity (Wildman–Crippen MR) is 61.0 cm³/mol. The highest BCUT2D eigenvalue weighted by molar-refractivity contribution is 5.65. The maximum Gasteiger partial charge on any atom is 0.433 e. The first-order valence-corrected chi connectivity index (χ1v) is 5.64. The molecule has 0 aromatic carbocycles. The van der Waals surface area contributed by atoms with Crippen molar-refractivity contribution in [1.82, 2.24) is 10.3 Å². The van der Waals surface area contributed by atoms with E-state index in [-0.39, 0.29) is 6.04 Å². The summed E-state index contributed by atoms with van der Waals surface area (Å²) < 4.78 is 37.1. The van der Waals surface area contributed by atoms with Crippen molar-refractivity contribution < 1.29 is 23.1 Å². The van der Waals surface area contributed by atoms with E-state index in [0.717, 1.165) is 12.3 Å². The van der Waals surface area contributed by atoms with Crippen molar-refractivity contribution in [3.63, 3.8) is 0 Å². The van der Waals surface area contributed by atoms with E-state index in [2.05, 4.69) is 10.3 Å². The molecule has 0 aliphatic carbocycles. The van der Waals surface area contributed by atoms with E-state index >= 15 is 0 Å². The Hall–Kier alpha value is -1.99. The smallest absolute Gasteiger partial charge is 0.433 e. The molecule has 0 radical (unpaired) electrons. The third-order valence-electron chi connectivity index (χ3n) is 2.92. The highest BCUT2D eigenvalue weighted by atomic mass is 19.4. The van der Waals surface area contributed by atoms with E-state index in [0.29, 0.717) is 25.2 Å². The molecule has 5 nitrogen and oxygen atoms in total. The van der Waals surface area contributed by atoms with Crippen LogP contribution in [0.25, 0.3) is 0 Å². The molecular formula is C11H12F3N3O2. The van der Waals surface area contributed by atoms with Gasteiger partial charge in [-0.1, -0.05) is 0 Å². The summed E-state index contributed by atoms with van der Waals surface area (Å²) in [5.41, 5.74) is -0.377. The topological polar surface area (TPSA) is 65.5 Å². The van der Waals surface area contributed by atoms with Gasteiger partial charge >= 0.3 is 12.3 Å². The van der Waals surface area contributed by atoms with E-state index < -0.39 is 18.0 Å². The molecule has 1 aliphatic rings. The molecule has 1 saturated heterocycles. The van der Waals surface area contributed by atoms with Crippen molar-refractivity contribution in [1.29, 1.82) is 0 Å². The van der Waals surface area contributed by atoms with Gasteiger partial charge in [-0.2, -0.15) is 13.2 Å². The Morgan fingerprint density at radius 2 is 2.21 bits per heavy atom. The lowest BCUT2D eigenvalue weighted by molar-refractivity contribution is -0.141. The standard InChI is InChI=1S/C11H12F3N3O2/c12-11(13,14)9-2-1-8(5-15-9)17-4-3-7(6-17)16-10(18)19/h1-2,5,7,16H,3-4,6H2,(H,18,19)/t7-/m0/s1. The number of anilines is 1. The van der Waals surface area contributed by atoms with Crippen LogP contribution >= 0.6 is 0 Å². The van der Waals surface area contributed by atoms with E-state index in [1.165, 1.54) is 6.07 Å². The van der Waals surface area contributed by atoms with Crippen LogP contribution in [0, 0.1) is 0 Å². The van der Waals surface area contributed by atoms with Crippen LogP contribution in [-0.2, 0) is 6.18 Å². The second-order valence-electron chi connectivity index (χ2n) is 4.28. The second kappa shape index (κ2) is 4.94. The van der Waals surface area contributed by atoms with Crippen LogP contribution in [0.4, 0.5) is 23.7 Å². The predicted octanol–water partition coefficient (Wildman–Crippen LogP) is 1.95. The second-order valence-corrected chi connectivity index (χ2v) is 4.28. The van der Waals surface area contributed by atoms with Gasteiger partial charge in [0, 0.05) is 13.1 Å². The molecule has 2 rings (SSSR count). The molecule has 1 aliphatic heterocycles. The highest BCUT2D eigenvalue weighted by Gasteiger charge is 2.32. The summed E-state index contributed by atoms with van der Waals surface area (Å²) in [7, 11) is 0. The summed E-state index contributed by atoms with van der Waals surface area (Å²) >= 11 is 0. The van der Waals surface area contributed by atoms with Gasteiger partial charge in [0.15, 0.2) is 0 Å². The fraction of sp³-hybridized carbons (Fsp3) is 0.455. The molecular weight excluding hydrogens is 263 g/mol. The van der Waals surface area contributed by atoms with E-state index in [4.69, 9.17) is 5.11 Å². The summed E-state index contributed by atoms with van der Waals surface area (Å²) in [5, 5.41) is 10.9. The first-order valence-electron chi connectivity index (χ1n) is 5.64. The Morgan fingerprint density at radius 3 is 2.74 bits per heavy atom. The molecule has 2 N–H and O–H groups in total. The van der Waals surface area contributed by atoms with Crippen LogP contribution in [0.2, 0.25) is 0 Å². The molecule has 0 saturated carbocycles. The number of carboxylic acid groups (broad SMARTS) is 1. The molecule has 8 heteroatoms. The summed E-state index contributed by atoms with van der Waals surface area (Å²) in [4.78, 5) is 15.7. The van der Waals surface area contributed by atoms with Crippen molar-refractivity contribution in [2.24, 2.45) is 0 Å². The maximum absolute atomic E-state index is 12.4. The molecule has 0 spiro atoms. The van der Waals surface area contributed by atoms with E-state index in [1.54, 1.807) is 4.90 Å². The molecule has 1 amide bonds. The first-order chi connectivity index (χ1) is 8.86. The van der Waals surface area contributed by atoms with Gasteiger partial charge in [0.25, 0.3) is 0 Å². The normalized spacial score (nSPS) is 19.5. The highest BCUT2D eigenvalue weighted by Crippen LogP contribution is 2.29. The fourth-order valence-electron chi connectivity index (χ4n) is 2.03. The lowest BCUT2D eigenvalue weighted by Crippen LogP contribution is -2.36. The lowest BCUT2D eigenvalue weighted by atomic mass is 10.3. The van der Waals surface area contributed by atoms with E-state index in [1.807, 2.05) is 0 Å². The molecule has 1 aromatic rings. The van der Waals surface area contributed by atoms with Crippen LogP contribution < -0.4 is 10.2 Å². The Bertz CT molecular complexity index is 461. The molecule has 1 atom stereocenters. The van der Waals surface area contributed by atoms with Gasteiger partial charge in [-0.3, -0.25) is 0 Å². The number of pyridine rings is 1. The Kier molecular flexibility index (Phi) is 3.50. The van der Waals surface area contributed by atoms with Crippen molar-refractivity contribution in [3.8, 4) is 0 Å². The van der Waals surface area contributed by atoms with Crippen LogP contribution in [-0.4, -0.2) is 35.3 Å². The van der Waals surface area contributed by atoms with Gasteiger partial charge < -0.3 is 15.3 Å². The Balaban J connectivity index is 2.02. The number of amides is 1.